The predicted molar refractivity (Wildman–Crippen MR) is 98.3 cm³/mol. The van der Waals surface area contributed by atoms with Gasteiger partial charge in [0.2, 0.25) is 0 Å². The summed E-state index contributed by atoms with van der Waals surface area (Å²) < 4.78 is 0. The Labute approximate surface area is 148 Å². The second-order valence-corrected chi connectivity index (χ2v) is 6.67. The number of rotatable bonds is 3. The van der Waals surface area contributed by atoms with E-state index >= 15 is 0 Å². The van der Waals surface area contributed by atoms with Crippen molar-refractivity contribution in [2.75, 3.05) is 16.8 Å². The normalized spacial score (nSPS) is 12.7. The molecule has 0 saturated carbocycles. The lowest BCUT2D eigenvalue weighted by molar-refractivity contribution is 0.0988. The quantitative estimate of drug-likeness (QED) is 0.786. The van der Waals surface area contributed by atoms with E-state index in [4.69, 9.17) is 0 Å². The molecular formula is C19H15N3O2S. The minimum atomic E-state index is -0.139. The van der Waals surface area contributed by atoms with Crippen molar-refractivity contribution in [1.82, 2.24) is 4.98 Å². The van der Waals surface area contributed by atoms with Gasteiger partial charge in [0.1, 0.15) is 0 Å². The van der Waals surface area contributed by atoms with E-state index in [2.05, 4.69) is 10.3 Å². The molecule has 3 heterocycles. The molecule has 0 aliphatic carbocycles. The number of pyridine rings is 1. The number of nitrogens with zero attached hydrogens (tertiary/aromatic N) is 2. The summed E-state index contributed by atoms with van der Waals surface area (Å²) in [6, 6.07) is 12.8. The highest BCUT2D eigenvalue weighted by atomic mass is 32.1. The van der Waals surface area contributed by atoms with E-state index in [-0.39, 0.29) is 11.8 Å². The van der Waals surface area contributed by atoms with Gasteiger partial charge in [-0.25, -0.2) is 0 Å². The molecule has 25 heavy (non-hydrogen) atoms. The Kier molecular flexibility index (Phi) is 4.03. The van der Waals surface area contributed by atoms with Gasteiger partial charge in [-0.2, -0.15) is 0 Å². The molecule has 0 unspecified atom stereocenters. The number of thiophene rings is 1. The van der Waals surface area contributed by atoms with Gasteiger partial charge in [0.15, 0.2) is 0 Å². The van der Waals surface area contributed by atoms with Crippen molar-refractivity contribution >= 4 is 34.5 Å². The highest BCUT2D eigenvalue weighted by Gasteiger charge is 2.26. The van der Waals surface area contributed by atoms with Crippen molar-refractivity contribution in [3.05, 3.63) is 76.2 Å². The number of aromatic nitrogens is 1. The van der Waals surface area contributed by atoms with E-state index in [1.165, 1.54) is 11.3 Å². The number of carbonyl (C=O) groups excluding carboxylic acids is 2. The van der Waals surface area contributed by atoms with Gasteiger partial charge in [-0.3, -0.25) is 14.6 Å². The van der Waals surface area contributed by atoms with Crippen LogP contribution in [0.2, 0.25) is 0 Å². The topological polar surface area (TPSA) is 62.3 Å². The molecule has 0 atom stereocenters. The number of carbonyl (C=O) groups is 2. The molecule has 0 radical (unpaired) electrons. The molecule has 0 bridgehead atoms. The average Bonchev–Trinajstić information content (AvgIpc) is 3.31. The lowest BCUT2D eigenvalue weighted by Crippen LogP contribution is -2.28. The van der Waals surface area contributed by atoms with E-state index in [9.17, 15) is 9.59 Å². The molecular weight excluding hydrogens is 334 g/mol. The Bertz CT molecular complexity index is 923. The van der Waals surface area contributed by atoms with Crippen molar-refractivity contribution in [3.8, 4) is 0 Å². The standard InChI is InChI=1S/C19H15N3O2S/c23-18(17-2-1-11-25-17)21-15-4-3-13-7-10-22(16(13)12-15)19(24)14-5-8-20-9-6-14/h1-6,8-9,11-12H,7,10H2,(H,21,23). The summed E-state index contributed by atoms with van der Waals surface area (Å²) in [5, 5.41) is 4.76. The van der Waals surface area contributed by atoms with Crippen molar-refractivity contribution in [3.63, 3.8) is 0 Å². The van der Waals surface area contributed by atoms with Crippen LogP contribution in [-0.4, -0.2) is 23.3 Å². The summed E-state index contributed by atoms with van der Waals surface area (Å²) in [4.78, 5) is 31.3. The average molecular weight is 349 g/mol. The summed E-state index contributed by atoms with van der Waals surface area (Å²) >= 11 is 1.40. The Balaban J connectivity index is 1.59. The van der Waals surface area contributed by atoms with Crippen LogP contribution in [0.5, 0.6) is 0 Å². The summed E-state index contributed by atoms with van der Waals surface area (Å²) in [6.45, 7) is 0.638. The van der Waals surface area contributed by atoms with Crippen molar-refractivity contribution < 1.29 is 9.59 Å². The van der Waals surface area contributed by atoms with E-state index in [1.54, 1.807) is 35.5 Å². The van der Waals surface area contributed by atoms with E-state index in [0.29, 0.717) is 22.7 Å². The van der Waals surface area contributed by atoms with Gasteiger partial charge in [-0.1, -0.05) is 12.1 Å². The molecule has 1 aromatic carbocycles. The molecule has 2 aromatic heterocycles. The maximum atomic E-state index is 12.7. The molecule has 1 aliphatic heterocycles. The smallest absolute Gasteiger partial charge is 0.265 e. The number of nitrogens with one attached hydrogen (secondary N) is 1. The number of hydrogen-bond acceptors (Lipinski definition) is 4. The van der Waals surface area contributed by atoms with Crippen molar-refractivity contribution in [2.24, 2.45) is 0 Å². The number of anilines is 2. The third-order valence-electron chi connectivity index (χ3n) is 4.16. The Morgan fingerprint density at radius 1 is 1.12 bits per heavy atom. The molecule has 2 amide bonds. The second kappa shape index (κ2) is 6.49. The van der Waals surface area contributed by atoms with Gasteiger partial charge in [-0.05, 0) is 47.7 Å². The molecule has 124 valence electrons. The Morgan fingerprint density at radius 2 is 1.96 bits per heavy atom. The highest BCUT2D eigenvalue weighted by Crippen LogP contribution is 2.32. The van der Waals surface area contributed by atoms with Gasteiger partial charge in [0, 0.05) is 35.9 Å². The number of amides is 2. The Morgan fingerprint density at radius 3 is 2.72 bits per heavy atom. The third kappa shape index (κ3) is 3.04. The van der Waals surface area contributed by atoms with Gasteiger partial charge >= 0.3 is 0 Å². The molecule has 1 aliphatic rings. The SMILES string of the molecule is O=C(Nc1ccc2c(c1)N(C(=O)c1ccncc1)CC2)c1cccs1. The maximum absolute atomic E-state index is 12.7. The zero-order valence-electron chi connectivity index (χ0n) is 13.3. The first-order valence-electron chi connectivity index (χ1n) is 7.92. The van der Waals surface area contributed by atoms with Crippen molar-refractivity contribution in [2.45, 2.75) is 6.42 Å². The lowest BCUT2D eigenvalue weighted by Gasteiger charge is -2.18. The summed E-state index contributed by atoms with van der Waals surface area (Å²) in [5.74, 6) is -0.192. The fourth-order valence-corrected chi connectivity index (χ4v) is 3.54. The molecule has 5 nitrogen and oxygen atoms in total. The minimum Gasteiger partial charge on any atom is -0.321 e. The van der Waals surface area contributed by atoms with Gasteiger partial charge < -0.3 is 10.2 Å². The first-order valence-corrected chi connectivity index (χ1v) is 8.80. The summed E-state index contributed by atoms with van der Waals surface area (Å²) in [5.41, 5.74) is 3.25. The monoisotopic (exact) mass is 349 g/mol. The van der Waals surface area contributed by atoms with Gasteiger partial charge in [-0.15, -0.1) is 11.3 Å². The van der Waals surface area contributed by atoms with E-state index in [0.717, 1.165) is 17.7 Å². The largest absolute Gasteiger partial charge is 0.321 e. The Hall–Kier alpha value is -2.99. The van der Waals surface area contributed by atoms with Crippen LogP contribution in [0.3, 0.4) is 0 Å². The van der Waals surface area contributed by atoms with Crippen LogP contribution < -0.4 is 10.2 Å². The summed E-state index contributed by atoms with van der Waals surface area (Å²) in [7, 11) is 0. The third-order valence-corrected chi connectivity index (χ3v) is 5.02. The van der Waals surface area contributed by atoms with Crippen LogP contribution in [0.4, 0.5) is 11.4 Å². The van der Waals surface area contributed by atoms with Crippen LogP contribution in [0.15, 0.2) is 60.2 Å². The van der Waals surface area contributed by atoms with Crippen LogP contribution in [0.1, 0.15) is 25.6 Å². The predicted octanol–water partition coefficient (Wildman–Crippen LogP) is 3.60. The van der Waals surface area contributed by atoms with E-state index < -0.39 is 0 Å². The zero-order valence-corrected chi connectivity index (χ0v) is 14.1. The van der Waals surface area contributed by atoms with Crippen LogP contribution in [0, 0.1) is 0 Å². The molecule has 4 rings (SSSR count). The zero-order chi connectivity index (χ0) is 17.2. The van der Waals surface area contributed by atoms with Crippen LogP contribution in [0.25, 0.3) is 0 Å². The van der Waals surface area contributed by atoms with Gasteiger partial charge in [0.25, 0.3) is 11.8 Å². The second-order valence-electron chi connectivity index (χ2n) is 5.72. The fourth-order valence-electron chi connectivity index (χ4n) is 2.92. The number of hydrogen-bond donors (Lipinski definition) is 1. The van der Waals surface area contributed by atoms with Gasteiger partial charge in [0.05, 0.1) is 4.88 Å². The minimum absolute atomic E-state index is 0.0529. The fraction of sp³-hybridized carbons (Fsp3) is 0.105. The molecule has 6 heteroatoms. The lowest BCUT2D eigenvalue weighted by atomic mass is 10.1. The highest BCUT2D eigenvalue weighted by molar-refractivity contribution is 7.12. The molecule has 0 spiro atoms. The number of fused-ring (bicyclic) bond motifs is 1. The molecule has 3 aromatic rings. The van der Waals surface area contributed by atoms with E-state index in [1.807, 2.05) is 29.6 Å². The number of benzene rings is 1. The molecule has 0 saturated heterocycles. The maximum Gasteiger partial charge on any atom is 0.265 e. The molecule has 0 fully saturated rings. The van der Waals surface area contributed by atoms with Crippen LogP contribution in [-0.2, 0) is 6.42 Å². The van der Waals surface area contributed by atoms with Crippen LogP contribution >= 0.6 is 11.3 Å². The van der Waals surface area contributed by atoms with Crippen molar-refractivity contribution in [1.29, 1.82) is 0 Å². The first-order chi connectivity index (χ1) is 12.2. The first kappa shape index (κ1) is 15.5. The molecule has 1 N–H and O–H groups in total. The summed E-state index contributed by atoms with van der Waals surface area (Å²) in [6.07, 6.45) is 4.04.